The van der Waals surface area contributed by atoms with E-state index in [0.29, 0.717) is 22.3 Å². The lowest BCUT2D eigenvalue weighted by atomic mass is 9.94. The van der Waals surface area contributed by atoms with Crippen LogP contribution in [0.1, 0.15) is 26.3 Å². The topological polar surface area (TPSA) is 54.4 Å². The number of hydrogen-bond donors (Lipinski definition) is 1. The fourth-order valence-corrected chi connectivity index (χ4v) is 2.52. The molecule has 0 spiro atoms. The fourth-order valence-electron chi connectivity index (χ4n) is 2.52. The average Bonchev–Trinajstić information content (AvgIpc) is 2.61. The number of hydrogen-bond acceptors (Lipinski definition) is 2. The molecule has 0 saturated heterocycles. The largest absolute Gasteiger partial charge is 0.478 e. The Bertz CT molecular complexity index is 917. The standard InChI is InChI=1S/C20H13FO3/c21-16-8-4-7-14(11-16)18-12-15(9-10-17(18)20(23)24)19(22)13-5-2-1-3-6-13/h1-12H,(H,23,24). The second kappa shape index (κ2) is 6.46. The van der Waals surface area contributed by atoms with Crippen molar-refractivity contribution in [3.63, 3.8) is 0 Å². The first-order valence-electron chi connectivity index (χ1n) is 7.29. The van der Waals surface area contributed by atoms with Crippen LogP contribution in [-0.4, -0.2) is 16.9 Å². The number of rotatable bonds is 4. The molecule has 24 heavy (non-hydrogen) atoms. The van der Waals surface area contributed by atoms with E-state index in [0.717, 1.165) is 0 Å². The predicted octanol–water partition coefficient (Wildman–Crippen LogP) is 4.42. The van der Waals surface area contributed by atoms with Crippen LogP contribution < -0.4 is 0 Å². The average molecular weight is 320 g/mol. The molecule has 0 heterocycles. The molecular weight excluding hydrogens is 307 g/mol. The highest BCUT2D eigenvalue weighted by Crippen LogP contribution is 2.27. The third-order valence-electron chi connectivity index (χ3n) is 3.68. The van der Waals surface area contributed by atoms with E-state index in [1.54, 1.807) is 30.3 Å². The van der Waals surface area contributed by atoms with Gasteiger partial charge in [0, 0.05) is 11.1 Å². The quantitative estimate of drug-likeness (QED) is 0.724. The molecule has 4 heteroatoms. The summed E-state index contributed by atoms with van der Waals surface area (Å²) in [5, 5.41) is 9.36. The molecule has 0 aliphatic carbocycles. The number of ketones is 1. The maximum absolute atomic E-state index is 13.5. The Morgan fingerprint density at radius 1 is 0.792 bits per heavy atom. The van der Waals surface area contributed by atoms with Crippen LogP contribution >= 0.6 is 0 Å². The molecule has 3 aromatic carbocycles. The van der Waals surface area contributed by atoms with Gasteiger partial charge < -0.3 is 5.11 Å². The van der Waals surface area contributed by atoms with Crippen LogP contribution in [0.2, 0.25) is 0 Å². The van der Waals surface area contributed by atoms with Crippen LogP contribution in [0.15, 0.2) is 72.8 Å². The van der Waals surface area contributed by atoms with Crippen LogP contribution in [0.25, 0.3) is 11.1 Å². The highest BCUT2D eigenvalue weighted by molar-refractivity contribution is 6.10. The second-order valence-electron chi connectivity index (χ2n) is 5.27. The number of carbonyl (C=O) groups is 2. The third kappa shape index (κ3) is 3.08. The number of carboxylic acids is 1. The molecule has 118 valence electrons. The maximum atomic E-state index is 13.5. The Labute approximate surface area is 138 Å². The van der Waals surface area contributed by atoms with E-state index in [4.69, 9.17) is 0 Å². The van der Waals surface area contributed by atoms with Crippen molar-refractivity contribution in [2.24, 2.45) is 0 Å². The molecule has 0 atom stereocenters. The zero-order valence-electron chi connectivity index (χ0n) is 12.6. The molecule has 0 aromatic heterocycles. The SMILES string of the molecule is O=C(c1ccccc1)c1ccc(C(=O)O)c(-c2cccc(F)c2)c1. The lowest BCUT2D eigenvalue weighted by molar-refractivity contribution is 0.0697. The molecule has 3 nitrogen and oxygen atoms in total. The summed E-state index contributed by atoms with van der Waals surface area (Å²) in [6, 6.07) is 18.7. The molecule has 3 aromatic rings. The summed E-state index contributed by atoms with van der Waals surface area (Å²) in [7, 11) is 0. The van der Waals surface area contributed by atoms with Gasteiger partial charge in [0.15, 0.2) is 5.78 Å². The smallest absolute Gasteiger partial charge is 0.336 e. The van der Waals surface area contributed by atoms with Gasteiger partial charge in [0.2, 0.25) is 0 Å². The first-order valence-corrected chi connectivity index (χ1v) is 7.29. The number of aromatic carboxylic acids is 1. The van der Waals surface area contributed by atoms with Gasteiger partial charge >= 0.3 is 5.97 Å². The van der Waals surface area contributed by atoms with Gasteiger partial charge in [0.25, 0.3) is 0 Å². The number of benzene rings is 3. The summed E-state index contributed by atoms with van der Waals surface area (Å²) >= 11 is 0. The van der Waals surface area contributed by atoms with E-state index >= 15 is 0 Å². The van der Waals surface area contributed by atoms with Gasteiger partial charge in [-0.1, -0.05) is 48.5 Å². The van der Waals surface area contributed by atoms with Crippen LogP contribution in [-0.2, 0) is 0 Å². The van der Waals surface area contributed by atoms with Gasteiger partial charge in [0.05, 0.1) is 5.56 Å². The lowest BCUT2D eigenvalue weighted by Crippen LogP contribution is -2.05. The normalized spacial score (nSPS) is 10.4. The maximum Gasteiger partial charge on any atom is 0.336 e. The molecule has 3 rings (SSSR count). The van der Waals surface area contributed by atoms with Gasteiger partial charge in [-0.15, -0.1) is 0 Å². The van der Waals surface area contributed by atoms with Crippen LogP contribution in [0.3, 0.4) is 0 Å². The molecule has 0 radical (unpaired) electrons. The minimum absolute atomic E-state index is 0.0187. The lowest BCUT2D eigenvalue weighted by Gasteiger charge is -2.09. The second-order valence-corrected chi connectivity index (χ2v) is 5.27. The number of carboxylic acid groups (broad SMARTS) is 1. The summed E-state index contributed by atoms with van der Waals surface area (Å²) in [6.07, 6.45) is 0. The molecule has 1 N–H and O–H groups in total. The van der Waals surface area contributed by atoms with Crippen molar-refractivity contribution in [2.45, 2.75) is 0 Å². The Morgan fingerprint density at radius 3 is 2.21 bits per heavy atom. The molecule has 0 amide bonds. The fraction of sp³-hybridized carbons (Fsp3) is 0. The van der Waals surface area contributed by atoms with Gasteiger partial charge in [-0.25, -0.2) is 9.18 Å². The minimum atomic E-state index is -1.13. The Kier molecular flexibility index (Phi) is 4.20. The molecule has 0 aliphatic heterocycles. The van der Waals surface area contributed by atoms with Crippen LogP contribution in [0, 0.1) is 5.82 Å². The Hall–Kier alpha value is -3.27. The van der Waals surface area contributed by atoms with E-state index < -0.39 is 11.8 Å². The molecule has 0 bridgehead atoms. The molecular formula is C20H13FO3. The van der Waals surface area contributed by atoms with Crippen molar-refractivity contribution < 1.29 is 19.1 Å². The molecule has 0 fully saturated rings. The summed E-state index contributed by atoms with van der Waals surface area (Å²) in [5.74, 6) is -1.82. The van der Waals surface area contributed by atoms with Gasteiger partial charge in [0.1, 0.15) is 5.82 Å². The molecule has 0 unspecified atom stereocenters. The monoisotopic (exact) mass is 320 g/mol. The van der Waals surface area contributed by atoms with Gasteiger partial charge in [-0.05, 0) is 35.4 Å². The van der Waals surface area contributed by atoms with E-state index in [1.165, 1.54) is 36.4 Å². The first-order chi connectivity index (χ1) is 11.6. The predicted molar refractivity (Wildman–Crippen MR) is 88.7 cm³/mol. The first kappa shape index (κ1) is 15.6. The minimum Gasteiger partial charge on any atom is -0.478 e. The van der Waals surface area contributed by atoms with Crippen LogP contribution in [0.4, 0.5) is 4.39 Å². The van der Waals surface area contributed by atoms with Crippen LogP contribution in [0.5, 0.6) is 0 Å². The van der Waals surface area contributed by atoms with Crippen molar-refractivity contribution >= 4 is 11.8 Å². The third-order valence-corrected chi connectivity index (χ3v) is 3.68. The zero-order valence-corrected chi connectivity index (χ0v) is 12.6. The van der Waals surface area contributed by atoms with E-state index in [1.807, 2.05) is 6.07 Å². The van der Waals surface area contributed by atoms with Gasteiger partial charge in [-0.2, -0.15) is 0 Å². The van der Waals surface area contributed by atoms with E-state index in [-0.39, 0.29) is 11.3 Å². The van der Waals surface area contributed by atoms with Gasteiger partial charge in [-0.3, -0.25) is 4.79 Å². The van der Waals surface area contributed by atoms with Crippen molar-refractivity contribution in [1.82, 2.24) is 0 Å². The van der Waals surface area contributed by atoms with Crippen molar-refractivity contribution in [3.05, 3.63) is 95.3 Å². The van der Waals surface area contributed by atoms with Crippen molar-refractivity contribution in [3.8, 4) is 11.1 Å². The van der Waals surface area contributed by atoms with E-state index in [2.05, 4.69) is 0 Å². The van der Waals surface area contributed by atoms with Crippen molar-refractivity contribution in [2.75, 3.05) is 0 Å². The zero-order chi connectivity index (χ0) is 17.1. The molecule has 0 saturated carbocycles. The van der Waals surface area contributed by atoms with Crippen molar-refractivity contribution in [1.29, 1.82) is 0 Å². The highest BCUT2D eigenvalue weighted by Gasteiger charge is 2.16. The highest BCUT2D eigenvalue weighted by atomic mass is 19.1. The summed E-state index contributed by atoms with van der Waals surface area (Å²) in [5.41, 5.74) is 1.60. The number of carbonyl (C=O) groups excluding carboxylic acids is 1. The number of halogens is 1. The van der Waals surface area contributed by atoms with E-state index in [9.17, 15) is 19.1 Å². The Balaban J connectivity index is 2.13. The molecule has 0 aliphatic rings. The Morgan fingerprint density at radius 2 is 1.54 bits per heavy atom. The summed E-state index contributed by atoms with van der Waals surface area (Å²) in [4.78, 5) is 24.0. The summed E-state index contributed by atoms with van der Waals surface area (Å²) in [6.45, 7) is 0. The summed E-state index contributed by atoms with van der Waals surface area (Å²) < 4.78 is 13.5.